The number of thiophene rings is 2. The first kappa shape index (κ1) is 19.4. The molecule has 3 heterocycles. The fourth-order valence-corrected chi connectivity index (χ4v) is 6.29. The van der Waals surface area contributed by atoms with Gasteiger partial charge in [0.15, 0.2) is 0 Å². The molecule has 3 aromatic heterocycles. The SMILES string of the molecule is Cc1ccc(-c2ccc(-c3ccnc(-c4cc5ccccc5c5cc(C)sc45)c3)cc2)s1. The van der Waals surface area contributed by atoms with E-state index >= 15 is 0 Å². The third kappa shape index (κ3) is 3.35. The van der Waals surface area contributed by atoms with E-state index < -0.39 is 0 Å². The minimum Gasteiger partial charge on any atom is -0.256 e. The molecule has 0 radical (unpaired) electrons. The molecule has 3 aromatic carbocycles. The number of pyridine rings is 1. The molecule has 0 spiro atoms. The summed E-state index contributed by atoms with van der Waals surface area (Å²) >= 11 is 3.69. The monoisotopic (exact) mass is 447 g/mol. The zero-order chi connectivity index (χ0) is 21.7. The molecule has 1 nitrogen and oxygen atoms in total. The van der Waals surface area contributed by atoms with E-state index in [-0.39, 0.29) is 0 Å². The van der Waals surface area contributed by atoms with Crippen LogP contribution in [0.25, 0.3) is 53.7 Å². The minimum absolute atomic E-state index is 1.03. The Labute approximate surface area is 195 Å². The lowest BCUT2D eigenvalue weighted by molar-refractivity contribution is 1.33. The van der Waals surface area contributed by atoms with Gasteiger partial charge in [-0.1, -0.05) is 48.5 Å². The Morgan fingerprint density at radius 1 is 0.625 bits per heavy atom. The highest BCUT2D eigenvalue weighted by molar-refractivity contribution is 7.19. The number of fused-ring (bicyclic) bond motifs is 3. The van der Waals surface area contributed by atoms with Crippen LogP contribution >= 0.6 is 22.7 Å². The first-order valence-corrected chi connectivity index (χ1v) is 12.3. The molecule has 0 saturated carbocycles. The number of nitrogens with zero attached hydrogens (tertiary/aromatic N) is 1. The zero-order valence-corrected chi connectivity index (χ0v) is 19.6. The number of aryl methyl sites for hydroxylation is 2. The zero-order valence-electron chi connectivity index (χ0n) is 17.9. The minimum atomic E-state index is 1.03. The Kier molecular flexibility index (Phi) is 4.67. The number of rotatable bonds is 3. The van der Waals surface area contributed by atoms with Gasteiger partial charge < -0.3 is 0 Å². The lowest BCUT2D eigenvalue weighted by atomic mass is 9.98. The number of aromatic nitrogens is 1. The van der Waals surface area contributed by atoms with Crippen LogP contribution < -0.4 is 0 Å². The fourth-order valence-electron chi connectivity index (χ4n) is 4.37. The standard InChI is InChI=1S/C29H21NS2/c1-18-7-12-28(31-18)21-10-8-20(9-11-21)22-13-14-30-27(17-22)26-16-23-5-3-4-6-24(23)25-15-19(2)32-29(25)26/h3-17H,1-2H3. The van der Waals surface area contributed by atoms with Gasteiger partial charge in [-0.15, -0.1) is 22.7 Å². The molecule has 0 saturated heterocycles. The highest BCUT2D eigenvalue weighted by Crippen LogP contribution is 2.40. The van der Waals surface area contributed by atoms with E-state index in [1.165, 1.54) is 57.7 Å². The summed E-state index contributed by atoms with van der Waals surface area (Å²) in [5, 5.41) is 3.89. The smallest absolute Gasteiger partial charge is 0.0722 e. The summed E-state index contributed by atoms with van der Waals surface area (Å²) in [6.07, 6.45) is 1.93. The van der Waals surface area contributed by atoms with Gasteiger partial charge >= 0.3 is 0 Å². The average molecular weight is 448 g/mol. The third-order valence-corrected chi connectivity index (χ3v) is 8.06. The van der Waals surface area contributed by atoms with Crippen molar-refractivity contribution < 1.29 is 0 Å². The second-order valence-electron chi connectivity index (χ2n) is 8.16. The summed E-state index contributed by atoms with van der Waals surface area (Å²) < 4.78 is 1.31. The Hall–Kier alpha value is -3.27. The van der Waals surface area contributed by atoms with Gasteiger partial charge in [0.25, 0.3) is 0 Å². The summed E-state index contributed by atoms with van der Waals surface area (Å²) in [6, 6.07) is 30.8. The molecule has 154 valence electrons. The van der Waals surface area contributed by atoms with E-state index in [9.17, 15) is 0 Å². The van der Waals surface area contributed by atoms with Gasteiger partial charge in [-0.25, -0.2) is 0 Å². The van der Waals surface area contributed by atoms with E-state index in [0.29, 0.717) is 0 Å². The average Bonchev–Trinajstić information content (AvgIpc) is 3.44. The van der Waals surface area contributed by atoms with Gasteiger partial charge in [-0.3, -0.25) is 4.98 Å². The van der Waals surface area contributed by atoms with Gasteiger partial charge in [0.2, 0.25) is 0 Å². The van der Waals surface area contributed by atoms with Gasteiger partial charge in [0.05, 0.1) is 5.69 Å². The normalized spacial score (nSPS) is 11.4. The molecule has 0 fully saturated rings. The van der Waals surface area contributed by atoms with E-state index in [4.69, 9.17) is 4.98 Å². The summed E-state index contributed by atoms with van der Waals surface area (Å²) in [5.74, 6) is 0. The van der Waals surface area contributed by atoms with Crippen molar-refractivity contribution in [3.05, 3.63) is 101 Å². The number of hydrogen-bond acceptors (Lipinski definition) is 3. The third-order valence-electron chi connectivity index (χ3n) is 5.93. The molecular weight excluding hydrogens is 426 g/mol. The molecule has 3 heteroatoms. The summed E-state index contributed by atoms with van der Waals surface area (Å²) in [6.45, 7) is 4.34. The largest absolute Gasteiger partial charge is 0.256 e. The van der Waals surface area contributed by atoms with Crippen LogP contribution in [0.1, 0.15) is 9.75 Å². The van der Waals surface area contributed by atoms with Gasteiger partial charge in [-0.2, -0.15) is 0 Å². The Morgan fingerprint density at radius 3 is 2.25 bits per heavy atom. The van der Waals surface area contributed by atoms with E-state index in [1.54, 1.807) is 0 Å². The Morgan fingerprint density at radius 2 is 1.44 bits per heavy atom. The van der Waals surface area contributed by atoms with Crippen molar-refractivity contribution >= 4 is 43.5 Å². The Bertz CT molecular complexity index is 1590. The van der Waals surface area contributed by atoms with Crippen molar-refractivity contribution in [2.24, 2.45) is 0 Å². The maximum atomic E-state index is 4.78. The summed E-state index contributed by atoms with van der Waals surface area (Å²) in [5.41, 5.74) is 5.91. The van der Waals surface area contributed by atoms with Gasteiger partial charge in [-0.05, 0) is 77.7 Å². The lowest BCUT2D eigenvalue weighted by Crippen LogP contribution is -1.87. The first-order valence-electron chi connectivity index (χ1n) is 10.7. The van der Waals surface area contributed by atoms with Crippen LogP contribution in [0.5, 0.6) is 0 Å². The second kappa shape index (κ2) is 7.70. The predicted molar refractivity (Wildman–Crippen MR) is 141 cm³/mol. The fraction of sp³-hybridized carbons (Fsp3) is 0.0690. The molecule has 6 rings (SSSR count). The van der Waals surface area contributed by atoms with Gasteiger partial charge in [0, 0.05) is 36.5 Å². The molecule has 0 N–H and O–H groups in total. The van der Waals surface area contributed by atoms with E-state index in [2.05, 4.69) is 98.8 Å². The van der Waals surface area contributed by atoms with Crippen molar-refractivity contribution in [1.29, 1.82) is 0 Å². The number of hydrogen-bond donors (Lipinski definition) is 0. The van der Waals surface area contributed by atoms with Crippen LogP contribution in [-0.4, -0.2) is 4.98 Å². The molecule has 0 amide bonds. The molecule has 32 heavy (non-hydrogen) atoms. The molecular formula is C29H21NS2. The highest BCUT2D eigenvalue weighted by Gasteiger charge is 2.13. The van der Waals surface area contributed by atoms with Gasteiger partial charge in [0.1, 0.15) is 0 Å². The molecule has 0 unspecified atom stereocenters. The maximum absolute atomic E-state index is 4.78. The molecule has 0 aliphatic heterocycles. The van der Waals surface area contributed by atoms with Crippen molar-refractivity contribution in [2.45, 2.75) is 13.8 Å². The molecule has 0 atom stereocenters. The second-order valence-corrected chi connectivity index (χ2v) is 10.7. The summed E-state index contributed by atoms with van der Waals surface area (Å²) in [4.78, 5) is 8.76. The van der Waals surface area contributed by atoms with Crippen molar-refractivity contribution in [3.8, 4) is 32.8 Å². The van der Waals surface area contributed by atoms with Crippen molar-refractivity contribution in [1.82, 2.24) is 4.98 Å². The maximum Gasteiger partial charge on any atom is 0.0722 e. The van der Waals surface area contributed by atoms with Crippen LogP contribution in [0.3, 0.4) is 0 Å². The van der Waals surface area contributed by atoms with Crippen LogP contribution in [-0.2, 0) is 0 Å². The molecule has 0 bridgehead atoms. The quantitative estimate of drug-likeness (QED) is 0.263. The summed E-state index contributed by atoms with van der Waals surface area (Å²) in [7, 11) is 0. The van der Waals surface area contributed by atoms with Crippen molar-refractivity contribution in [2.75, 3.05) is 0 Å². The van der Waals surface area contributed by atoms with Crippen LogP contribution in [0.2, 0.25) is 0 Å². The predicted octanol–water partition coefficient (Wildman–Crippen LogP) is 9.13. The van der Waals surface area contributed by atoms with Crippen molar-refractivity contribution in [3.63, 3.8) is 0 Å². The molecule has 6 aromatic rings. The first-order chi connectivity index (χ1) is 15.7. The van der Waals surface area contributed by atoms with E-state index in [1.807, 2.05) is 28.9 Å². The topological polar surface area (TPSA) is 12.9 Å². The highest BCUT2D eigenvalue weighted by atomic mass is 32.1. The lowest BCUT2D eigenvalue weighted by Gasteiger charge is -2.09. The molecule has 0 aliphatic rings. The van der Waals surface area contributed by atoms with Crippen LogP contribution in [0.15, 0.2) is 91.1 Å². The number of benzene rings is 3. The van der Waals surface area contributed by atoms with E-state index in [0.717, 1.165) is 5.69 Å². The van der Waals surface area contributed by atoms with Crippen LogP contribution in [0, 0.1) is 13.8 Å². The van der Waals surface area contributed by atoms with Crippen LogP contribution in [0.4, 0.5) is 0 Å². The molecule has 0 aliphatic carbocycles. The Balaban J connectivity index is 1.46.